The third-order valence-electron chi connectivity index (χ3n) is 3.81. The zero-order valence-corrected chi connectivity index (χ0v) is 10.6. The monoisotopic (exact) mass is 259 g/mol. The number of aliphatic hydroxyl groups is 1. The summed E-state index contributed by atoms with van der Waals surface area (Å²) in [5.74, 6) is -0.170. The normalized spacial score (nSPS) is 17.1. The summed E-state index contributed by atoms with van der Waals surface area (Å²) in [5, 5.41) is 13.6. The van der Waals surface area contributed by atoms with Crippen LogP contribution >= 0.6 is 0 Å². The number of aromatic nitrogens is 1. The molecule has 19 heavy (non-hydrogen) atoms. The van der Waals surface area contributed by atoms with Crippen LogP contribution in [0, 0.1) is 0 Å². The fourth-order valence-electron chi connectivity index (χ4n) is 2.43. The number of carbonyl (C=O) groups excluding carboxylic acids is 1. The molecule has 3 rings (SSSR count). The minimum absolute atomic E-state index is 0.170. The van der Waals surface area contributed by atoms with Gasteiger partial charge >= 0.3 is 0 Å². The highest BCUT2D eigenvalue weighted by Gasteiger charge is 2.34. The topological polar surface area (TPSA) is 91.1 Å². The summed E-state index contributed by atoms with van der Waals surface area (Å²) in [4.78, 5) is 15.1. The maximum atomic E-state index is 12.1. The molecule has 1 fully saturated rings. The Hall–Kier alpha value is -2.01. The third kappa shape index (κ3) is 2.17. The lowest BCUT2D eigenvalue weighted by molar-refractivity contribution is -0.0300. The first kappa shape index (κ1) is 12.0. The molecule has 1 aromatic heterocycles. The second-order valence-electron chi connectivity index (χ2n) is 5.27. The van der Waals surface area contributed by atoms with Crippen LogP contribution in [0.1, 0.15) is 29.6 Å². The summed E-state index contributed by atoms with van der Waals surface area (Å²) < 4.78 is 0. The first-order valence-corrected chi connectivity index (χ1v) is 6.45. The number of rotatable bonds is 3. The number of H-pyrrole nitrogens is 1. The van der Waals surface area contributed by atoms with Crippen LogP contribution in [0.3, 0.4) is 0 Å². The van der Waals surface area contributed by atoms with Crippen molar-refractivity contribution in [1.29, 1.82) is 0 Å². The summed E-state index contributed by atoms with van der Waals surface area (Å²) in [7, 11) is 0. The molecule has 100 valence electrons. The minimum Gasteiger partial charge on any atom is -0.399 e. The number of fused-ring (bicyclic) bond motifs is 1. The number of nitrogens with two attached hydrogens (primary N) is 1. The number of anilines is 1. The second kappa shape index (κ2) is 4.28. The van der Waals surface area contributed by atoms with Gasteiger partial charge in [0.05, 0.1) is 11.2 Å². The molecule has 1 amide bonds. The van der Waals surface area contributed by atoms with Crippen molar-refractivity contribution in [2.45, 2.75) is 24.9 Å². The van der Waals surface area contributed by atoms with Crippen molar-refractivity contribution < 1.29 is 9.90 Å². The second-order valence-corrected chi connectivity index (χ2v) is 5.27. The van der Waals surface area contributed by atoms with Crippen molar-refractivity contribution in [2.24, 2.45) is 0 Å². The minimum atomic E-state index is -0.702. The molecular weight excluding hydrogens is 242 g/mol. The summed E-state index contributed by atoms with van der Waals surface area (Å²) in [5.41, 5.74) is 7.07. The molecule has 2 aromatic rings. The standard InChI is InChI=1S/C14H17N3O2/c15-9-2-3-10-11(7-16-12(10)6-9)13(18)17-8-14(19)4-1-5-14/h2-3,6-7,16,19H,1,4-5,8,15H2,(H,17,18). The molecule has 0 atom stereocenters. The number of aromatic amines is 1. The van der Waals surface area contributed by atoms with Crippen LogP contribution in [0.15, 0.2) is 24.4 Å². The molecule has 0 saturated heterocycles. The first-order chi connectivity index (χ1) is 9.07. The van der Waals surface area contributed by atoms with E-state index in [1.165, 1.54) is 0 Å². The lowest BCUT2D eigenvalue weighted by Crippen LogP contribution is -2.47. The number of hydrogen-bond acceptors (Lipinski definition) is 3. The van der Waals surface area contributed by atoms with E-state index in [9.17, 15) is 9.90 Å². The van der Waals surface area contributed by atoms with Crippen molar-refractivity contribution in [1.82, 2.24) is 10.3 Å². The van der Waals surface area contributed by atoms with Gasteiger partial charge in [-0.2, -0.15) is 0 Å². The Bertz CT molecular complexity index is 629. The fourth-order valence-corrected chi connectivity index (χ4v) is 2.43. The molecular formula is C14H17N3O2. The Balaban J connectivity index is 1.78. The van der Waals surface area contributed by atoms with E-state index in [4.69, 9.17) is 5.73 Å². The number of benzene rings is 1. The van der Waals surface area contributed by atoms with Gasteiger partial charge < -0.3 is 21.1 Å². The highest BCUT2D eigenvalue weighted by atomic mass is 16.3. The number of amides is 1. The van der Waals surface area contributed by atoms with Crippen molar-refractivity contribution in [3.05, 3.63) is 30.0 Å². The van der Waals surface area contributed by atoms with Crippen LogP contribution in [0.25, 0.3) is 10.9 Å². The quantitative estimate of drug-likeness (QED) is 0.628. The Labute approximate surface area is 110 Å². The van der Waals surface area contributed by atoms with Gasteiger partial charge in [0.2, 0.25) is 0 Å². The van der Waals surface area contributed by atoms with Gasteiger partial charge in [0, 0.05) is 29.3 Å². The van der Waals surface area contributed by atoms with E-state index in [0.717, 1.165) is 30.2 Å². The number of hydrogen-bond donors (Lipinski definition) is 4. The van der Waals surface area contributed by atoms with E-state index in [1.807, 2.05) is 6.07 Å². The van der Waals surface area contributed by atoms with Crippen LogP contribution in [0.5, 0.6) is 0 Å². The van der Waals surface area contributed by atoms with Crippen molar-refractivity contribution in [3.63, 3.8) is 0 Å². The number of nitrogen functional groups attached to an aromatic ring is 1. The van der Waals surface area contributed by atoms with Gasteiger partial charge in [-0.15, -0.1) is 0 Å². The predicted octanol–water partition coefficient (Wildman–Crippen LogP) is 1.39. The van der Waals surface area contributed by atoms with E-state index in [1.54, 1.807) is 18.3 Å². The summed E-state index contributed by atoms with van der Waals surface area (Å²) in [6.45, 7) is 0.313. The smallest absolute Gasteiger partial charge is 0.253 e. The Morgan fingerprint density at radius 3 is 2.95 bits per heavy atom. The maximum absolute atomic E-state index is 12.1. The molecule has 5 N–H and O–H groups in total. The average molecular weight is 259 g/mol. The summed E-state index contributed by atoms with van der Waals surface area (Å²) in [6.07, 6.45) is 4.22. The number of carbonyl (C=O) groups is 1. The Kier molecular flexibility index (Phi) is 2.71. The van der Waals surface area contributed by atoms with Crippen LogP contribution in [-0.4, -0.2) is 28.1 Å². The van der Waals surface area contributed by atoms with Crippen LogP contribution in [0.4, 0.5) is 5.69 Å². The molecule has 1 aliphatic carbocycles. The molecule has 0 aliphatic heterocycles. The molecule has 5 nitrogen and oxygen atoms in total. The highest BCUT2D eigenvalue weighted by Crippen LogP contribution is 2.30. The SMILES string of the molecule is Nc1ccc2c(C(=O)NCC3(O)CCC3)c[nH]c2c1. The highest BCUT2D eigenvalue weighted by molar-refractivity contribution is 6.07. The summed E-state index contributed by atoms with van der Waals surface area (Å²) >= 11 is 0. The lowest BCUT2D eigenvalue weighted by Gasteiger charge is -2.36. The predicted molar refractivity (Wildman–Crippen MR) is 73.8 cm³/mol. The van der Waals surface area contributed by atoms with Crippen molar-refractivity contribution >= 4 is 22.5 Å². The molecule has 5 heteroatoms. The Morgan fingerprint density at radius 1 is 1.47 bits per heavy atom. The molecule has 0 unspecified atom stereocenters. The van der Waals surface area contributed by atoms with E-state index >= 15 is 0 Å². The van der Waals surface area contributed by atoms with Gasteiger partial charge in [-0.3, -0.25) is 4.79 Å². The van der Waals surface area contributed by atoms with Gasteiger partial charge in [-0.05, 0) is 37.5 Å². The van der Waals surface area contributed by atoms with Gasteiger partial charge in [0.1, 0.15) is 0 Å². The molecule has 1 aliphatic rings. The molecule has 1 saturated carbocycles. The molecule has 0 radical (unpaired) electrons. The zero-order valence-electron chi connectivity index (χ0n) is 10.6. The van der Waals surface area contributed by atoms with Crippen molar-refractivity contribution in [2.75, 3.05) is 12.3 Å². The van der Waals surface area contributed by atoms with Crippen molar-refractivity contribution in [3.8, 4) is 0 Å². The van der Waals surface area contributed by atoms with E-state index < -0.39 is 5.60 Å². The molecule has 0 spiro atoms. The first-order valence-electron chi connectivity index (χ1n) is 6.45. The lowest BCUT2D eigenvalue weighted by atomic mass is 9.80. The van der Waals surface area contributed by atoms with Crippen LogP contribution < -0.4 is 11.1 Å². The van der Waals surface area contributed by atoms with E-state index in [2.05, 4.69) is 10.3 Å². The largest absolute Gasteiger partial charge is 0.399 e. The van der Waals surface area contributed by atoms with E-state index in [0.29, 0.717) is 17.8 Å². The number of nitrogens with one attached hydrogen (secondary N) is 2. The van der Waals surface area contributed by atoms with Gasteiger partial charge in [-0.1, -0.05) is 0 Å². The molecule has 1 heterocycles. The van der Waals surface area contributed by atoms with E-state index in [-0.39, 0.29) is 5.91 Å². The van der Waals surface area contributed by atoms with Gasteiger partial charge in [0.15, 0.2) is 0 Å². The van der Waals surface area contributed by atoms with Crippen LogP contribution in [-0.2, 0) is 0 Å². The molecule has 0 bridgehead atoms. The van der Waals surface area contributed by atoms with Crippen LogP contribution in [0.2, 0.25) is 0 Å². The fraction of sp³-hybridized carbons (Fsp3) is 0.357. The van der Waals surface area contributed by atoms with Gasteiger partial charge in [0.25, 0.3) is 5.91 Å². The Morgan fingerprint density at radius 2 is 2.26 bits per heavy atom. The zero-order chi connectivity index (χ0) is 13.5. The molecule has 1 aromatic carbocycles. The maximum Gasteiger partial charge on any atom is 0.253 e. The average Bonchev–Trinajstić information content (AvgIpc) is 2.76. The summed E-state index contributed by atoms with van der Waals surface area (Å²) in [6, 6.07) is 5.39. The van der Waals surface area contributed by atoms with Gasteiger partial charge in [-0.25, -0.2) is 0 Å². The third-order valence-corrected chi connectivity index (χ3v) is 3.81.